The van der Waals surface area contributed by atoms with Gasteiger partial charge in [-0.1, -0.05) is 71.4 Å². The first kappa shape index (κ1) is 38.6. The fourth-order valence-corrected chi connectivity index (χ4v) is 7.62. The van der Waals surface area contributed by atoms with Crippen LogP contribution in [0, 0.1) is 17.8 Å². The molecule has 284 valence electrons. The lowest BCUT2D eigenvalue weighted by Crippen LogP contribution is -2.48. The Morgan fingerprint density at radius 2 is 1.74 bits per heavy atom. The van der Waals surface area contributed by atoms with E-state index in [4.69, 9.17) is 4.98 Å². The molecule has 4 atom stereocenters. The van der Waals surface area contributed by atoms with Crippen molar-refractivity contribution in [3.05, 3.63) is 102 Å². The summed E-state index contributed by atoms with van der Waals surface area (Å²) in [5.41, 5.74) is 4.61. The van der Waals surface area contributed by atoms with Crippen molar-refractivity contribution in [3.8, 4) is 11.3 Å². The van der Waals surface area contributed by atoms with Gasteiger partial charge in [-0.05, 0) is 73.4 Å². The van der Waals surface area contributed by atoms with Gasteiger partial charge >= 0.3 is 0 Å². The van der Waals surface area contributed by atoms with Crippen LogP contribution in [0.1, 0.15) is 101 Å². The number of nitrogens with one attached hydrogen (secondary N) is 2. The van der Waals surface area contributed by atoms with E-state index in [0.717, 1.165) is 54.6 Å². The molecule has 5 aromatic heterocycles. The van der Waals surface area contributed by atoms with Gasteiger partial charge in [-0.2, -0.15) is 0 Å². The van der Waals surface area contributed by atoms with E-state index >= 15 is 0 Å². The number of carbonyl (C=O) groups excluding carboxylic acids is 2. The Hall–Kier alpha value is -5.10. The number of aliphatic hydroxyl groups excluding tert-OH is 1. The molecule has 0 aromatic carbocycles. The van der Waals surface area contributed by atoms with Gasteiger partial charge < -0.3 is 15.7 Å². The Morgan fingerprint density at radius 1 is 0.944 bits per heavy atom. The van der Waals surface area contributed by atoms with Crippen LogP contribution >= 0.6 is 0 Å². The number of rotatable bonds is 17. The highest BCUT2D eigenvalue weighted by atomic mass is 16.3. The minimum absolute atomic E-state index is 0.0324. The highest BCUT2D eigenvalue weighted by Gasteiger charge is 2.35. The molecule has 1 aliphatic rings. The smallest absolute Gasteiger partial charge is 0.231 e. The zero-order valence-corrected chi connectivity index (χ0v) is 31.6. The largest absolute Gasteiger partial charge is 0.391 e. The average Bonchev–Trinajstić information content (AvgIpc) is 3.63. The maximum Gasteiger partial charge on any atom is 0.231 e. The molecule has 6 rings (SSSR count). The van der Waals surface area contributed by atoms with Gasteiger partial charge in [-0.15, -0.1) is 10.2 Å². The molecular weight excluding hydrogens is 679 g/mol. The van der Waals surface area contributed by atoms with Gasteiger partial charge in [0, 0.05) is 48.7 Å². The van der Waals surface area contributed by atoms with Crippen molar-refractivity contribution >= 4 is 17.5 Å². The molecule has 4 unspecified atom stereocenters. The summed E-state index contributed by atoms with van der Waals surface area (Å²) in [5.74, 6) is -0.799. The Bertz CT molecular complexity index is 1930. The second kappa shape index (κ2) is 18.8. The Kier molecular flexibility index (Phi) is 13.4. The average molecular weight is 732 g/mol. The van der Waals surface area contributed by atoms with Gasteiger partial charge in [-0.3, -0.25) is 28.9 Å². The summed E-state index contributed by atoms with van der Waals surface area (Å²) < 4.78 is 1.90. The van der Waals surface area contributed by atoms with Gasteiger partial charge in [-0.25, -0.2) is 4.98 Å². The Labute approximate surface area is 317 Å². The third-order valence-electron chi connectivity index (χ3n) is 10.6. The molecule has 5 heterocycles. The van der Waals surface area contributed by atoms with Crippen LogP contribution in [0.3, 0.4) is 0 Å². The summed E-state index contributed by atoms with van der Waals surface area (Å²) in [7, 11) is 0. The van der Waals surface area contributed by atoms with Crippen molar-refractivity contribution in [2.24, 2.45) is 17.8 Å². The van der Waals surface area contributed by atoms with E-state index < -0.39 is 24.0 Å². The Morgan fingerprint density at radius 3 is 2.43 bits per heavy atom. The number of aromatic nitrogens is 7. The molecule has 54 heavy (non-hydrogen) atoms. The predicted octanol–water partition coefficient (Wildman–Crippen LogP) is 6.05. The van der Waals surface area contributed by atoms with Gasteiger partial charge in [0.25, 0.3) is 0 Å². The topological polar surface area (TPSA) is 160 Å². The monoisotopic (exact) mass is 731 g/mol. The van der Waals surface area contributed by atoms with Crippen molar-refractivity contribution in [2.75, 3.05) is 0 Å². The normalized spacial score (nSPS) is 15.8. The third-order valence-corrected chi connectivity index (χ3v) is 10.6. The second-order valence-electron chi connectivity index (χ2n) is 15.0. The molecule has 0 aliphatic heterocycles. The van der Waals surface area contributed by atoms with Crippen LogP contribution in [0.4, 0.5) is 0 Å². The number of fused-ring (bicyclic) bond motifs is 1. The number of nitrogens with zero attached hydrogens (tertiary/aromatic N) is 7. The fraction of sp³-hybridized carbons (Fsp3) is 0.476. The minimum atomic E-state index is -0.949. The first-order chi connectivity index (χ1) is 26.3. The number of aliphatic hydroxyl groups is 1. The molecule has 2 amide bonds. The maximum absolute atomic E-state index is 14.8. The lowest BCUT2D eigenvalue weighted by molar-refractivity contribution is -0.128. The lowest BCUT2D eigenvalue weighted by Gasteiger charge is -2.33. The summed E-state index contributed by atoms with van der Waals surface area (Å²) >= 11 is 0. The zero-order chi connectivity index (χ0) is 37.9. The number of hydrogen-bond acceptors (Lipinski definition) is 9. The number of pyridine rings is 3. The van der Waals surface area contributed by atoms with Crippen LogP contribution in [0.15, 0.2) is 79.6 Å². The van der Waals surface area contributed by atoms with Crippen molar-refractivity contribution in [1.29, 1.82) is 0 Å². The molecule has 12 heteroatoms. The molecule has 12 nitrogen and oxygen atoms in total. The van der Waals surface area contributed by atoms with Crippen LogP contribution in [0.5, 0.6) is 0 Å². The third kappa shape index (κ3) is 9.90. The van der Waals surface area contributed by atoms with E-state index in [1.165, 1.54) is 6.42 Å². The first-order valence-corrected chi connectivity index (χ1v) is 19.5. The zero-order valence-electron chi connectivity index (χ0n) is 31.6. The molecule has 0 spiro atoms. The molecule has 0 bridgehead atoms. The molecule has 5 aromatic rings. The van der Waals surface area contributed by atoms with Crippen LogP contribution in [-0.2, 0) is 29.0 Å². The highest BCUT2D eigenvalue weighted by molar-refractivity contribution is 5.84. The van der Waals surface area contributed by atoms with Crippen molar-refractivity contribution < 1.29 is 14.7 Å². The van der Waals surface area contributed by atoms with E-state index in [1.807, 2.05) is 66.9 Å². The fourth-order valence-electron chi connectivity index (χ4n) is 7.62. The van der Waals surface area contributed by atoms with Crippen molar-refractivity contribution in [2.45, 2.75) is 110 Å². The number of aryl methyl sites for hydroxylation is 1. The van der Waals surface area contributed by atoms with Crippen molar-refractivity contribution in [1.82, 2.24) is 45.2 Å². The van der Waals surface area contributed by atoms with Crippen molar-refractivity contribution in [3.63, 3.8) is 0 Å². The molecular formula is C42H53N9O3. The van der Waals surface area contributed by atoms with E-state index in [2.05, 4.69) is 42.7 Å². The molecule has 1 saturated carbocycles. The maximum atomic E-state index is 14.8. The minimum Gasteiger partial charge on any atom is -0.391 e. The van der Waals surface area contributed by atoms with Gasteiger partial charge in [0.2, 0.25) is 11.8 Å². The first-order valence-electron chi connectivity index (χ1n) is 19.5. The van der Waals surface area contributed by atoms with E-state index in [-0.39, 0.29) is 24.2 Å². The Balaban J connectivity index is 1.31. The second-order valence-corrected chi connectivity index (χ2v) is 15.0. The van der Waals surface area contributed by atoms with Crippen LogP contribution in [-0.4, -0.2) is 63.6 Å². The standard InChI is InChI=1S/C42H53N9O3/c1-4-12-35-40-50-49-39(51(40)27-37(47-35)31-16-11-19-44-25-31)34(21-30-15-10-18-43-24-30)42(54)48-36(22-29-13-6-5-7-14-29)38(52)23-33(28(2)3)41(53)46-26-32-17-8-9-20-45-32/h8-11,15-20,24-25,27-29,33-34,36,38,52H,4-7,12-14,21-23,26H2,1-3H3,(H,46,53)(H,48,54). The van der Waals surface area contributed by atoms with E-state index in [1.54, 1.807) is 31.0 Å². The number of amides is 2. The predicted molar refractivity (Wildman–Crippen MR) is 207 cm³/mol. The quantitative estimate of drug-likeness (QED) is 0.103. The van der Waals surface area contributed by atoms with Gasteiger partial charge in [0.05, 0.1) is 35.8 Å². The van der Waals surface area contributed by atoms with Gasteiger partial charge in [0.15, 0.2) is 5.65 Å². The van der Waals surface area contributed by atoms with Gasteiger partial charge in [0.1, 0.15) is 11.7 Å². The molecule has 1 fully saturated rings. The van der Waals surface area contributed by atoms with Crippen LogP contribution in [0.2, 0.25) is 0 Å². The van der Waals surface area contributed by atoms with E-state index in [9.17, 15) is 14.7 Å². The molecule has 3 N–H and O–H groups in total. The summed E-state index contributed by atoms with van der Waals surface area (Å²) in [6.45, 7) is 6.39. The molecule has 0 radical (unpaired) electrons. The number of carbonyl (C=O) groups is 2. The SMILES string of the molecule is CCCc1nc(-c2cccnc2)cn2c(C(Cc3cccnc3)C(=O)NC(CC3CCCCC3)C(O)CC(C(=O)NCc3ccccn3)C(C)C)nnc12. The van der Waals surface area contributed by atoms with Crippen LogP contribution in [0.25, 0.3) is 16.9 Å². The summed E-state index contributed by atoms with van der Waals surface area (Å²) in [5, 5.41) is 27.6. The lowest BCUT2D eigenvalue weighted by atomic mass is 9.81. The molecule has 0 saturated heterocycles. The summed E-state index contributed by atoms with van der Waals surface area (Å²) in [6, 6.07) is 12.7. The van der Waals surface area contributed by atoms with Crippen LogP contribution < -0.4 is 10.6 Å². The van der Waals surface area contributed by atoms with E-state index in [0.29, 0.717) is 48.9 Å². The number of hydrogen-bond donors (Lipinski definition) is 3. The molecule has 1 aliphatic carbocycles. The highest BCUT2D eigenvalue weighted by Crippen LogP contribution is 2.31. The summed E-state index contributed by atoms with van der Waals surface area (Å²) in [6.07, 6.45) is 17.9. The summed E-state index contributed by atoms with van der Waals surface area (Å²) in [4.78, 5) is 46.2.